The number of furan rings is 1. The molecule has 0 bridgehead atoms. The van der Waals surface area contributed by atoms with E-state index in [1.807, 2.05) is 24.3 Å². The lowest BCUT2D eigenvalue weighted by atomic mass is 9.95. The van der Waals surface area contributed by atoms with Crippen molar-refractivity contribution in [1.29, 1.82) is 0 Å². The van der Waals surface area contributed by atoms with Crippen LogP contribution in [0.4, 0.5) is 4.79 Å². The molecule has 6 nitrogen and oxygen atoms in total. The SMILES string of the molecule is COc1ccccc1C1(CNC(=O)NC[C@](C)(O)c2ccco2)CC1. The van der Waals surface area contributed by atoms with Crippen molar-refractivity contribution in [2.75, 3.05) is 20.2 Å². The van der Waals surface area contributed by atoms with Crippen molar-refractivity contribution in [3.63, 3.8) is 0 Å². The number of carbonyl (C=O) groups is 1. The summed E-state index contributed by atoms with van der Waals surface area (Å²) in [4.78, 5) is 12.1. The molecule has 134 valence electrons. The van der Waals surface area contributed by atoms with E-state index in [9.17, 15) is 9.90 Å². The van der Waals surface area contributed by atoms with Gasteiger partial charge >= 0.3 is 6.03 Å². The van der Waals surface area contributed by atoms with Gasteiger partial charge < -0.3 is 24.9 Å². The van der Waals surface area contributed by atoms with E-state index in [-0.39, 0.29) is 18.0 Å². The van der Waals surface area contributed by atoms with Crippen LogP contribution in [-0.4, -0.2) is 31.3 Å². The number of nitrogens with one attached hydrogen (secondary N) is 2. The molecule has 1 aromatic carbocycles. The summed E-state index contributed by atoms with van der Waals surface area (Å²) in [5, 5.41) is 16.0. The Balaban J connectivity index is 1.54. The normalized spacial score (nSPS) is 17.4. The van der Waals surface area contributed by atoms with Crippen molar-refractivity contribution in [3.8, 4) is 5.75 Å². The first-order chi connectivity index (χ1) is 12.0. The molecule has 0 radical (unpaired) electrons. The van der Waals surface area contributed by atoms with Crippen molar-refractivity contribution < 1.29 is 19.1 Å². The van der Waals surface area contributed by atoms with Gasteiger partial charge in [0.15, 0.2) is 0 Å². The highest BCUT2D eigenvalue weighted by atomic mass is 16.5. The Morgan fingerprint density at radius 2 is 2.04 bits per heavy atom. The highest BCUT2D eigenvalue weighted by molar-refractivity contribution is 5.74. The summed E-state index contributed by atoms with van der Waals surface area (Å²) < 4.78 is 10.6. The van der Waals surface area contributed by atoms with Gasteiger partial charge in [0.05, 0.1) is 19.9 Å². The standard InChI is InChI=1S/C19H24N2O4/c1-18(23,16-8-5-11-25-16)12-20-17(22)21-13-19(9-10-19)14-6-3-4-7-15(14)24-2/h3-8,11,23H,9-10,12-13H2,1-2H3,(H2,20,21,22)/t18-/m0/s1. The molecule has 0 spiro atoms. The van der Waals surface area contributed by atoms with Gasteiger partial charge in [-0.15, -0.1) is 0 Å². The number of ether oxygens (including phenoxy) is 1. The average molecular weight is 344 g/mol. The highest BCUT2D eigenvalue weighted by Gasteiger charge is 2.46. The van der Waals surface area contributed by atoms with Gasteiger partial charge in [0.25, 0.3) is 0 Å². The number of amides is 2. The van der Waals surface area contributed by atoms with E-state index >= 15 is 0 Å². The second-order valence-electron chi connectivity index (χ2n) is 6.77. The van der Waals surface area contributed by atoms with Gasteiger partial charge in [-0.1, -0.05) is 18.2 Å². The fourth-order valence-corrected chi connectivity index (χ4v) is 3.01. The van der Waals surface area contributed by atoms with Gasteiger partial charge in [-0.3, -0.25) is 0 Å². The Morgan fingerprint density at radius 3 is 2.68 bits per heavy atom. The summed E-state index contributed by atoms with van der Waals surface area (Å²) in [5.41, 5.74) is -0.186. The predicted octanol–water partition coefficient (Wildman–Crippen LogP) is 2.53. The number of urea groups is 1. The van der Waals surface area contributed by atoms with Crippen LogP contribution in [0.1, 0.15) is 31.1 Å². The largest absolute Gasteiger partial charge is 0.496 e. The van der Waals surface area contributed by atoms with E-state index in [1.165, 1.54) is 6.26 Å². The maximum atomic E-state index is 12.1. The Kier molecular flexibility index (Phi) is 4.72. The minimum atomic E-state index is -1.25. The molecular weight excluding hydrogens is 320 g/mol. The van der Waals surface area contributed by atoms with Gasteiger partial charge in [-0.2, -0.15) is 0 Å². The predicted molar refractivity (Wildman–Crippen MR) is 93.6 cm³/mol. The molecule has 1 atom stereocenters. The number of hydrogen-bond acceptors (Lipinski definition) is 4. The fourth-order valence-electron chi connectivity index (χ4n) is 3.01. The zero-order chi connectivity index (χ0) is 17.9. The number of hydrogen-bond donors (Lipinski definition) is 3. The minimum Gasteiger partial charge on any atom is -0.496 e. The smallest absolute Gasteiger partial charge is 0.314 e. The van der Waals surface area contributed by atoms with Crippen molar-refractivity contribution in [2.45, 2.75) is 30.8 Å². The Morgan fingerprint density at radius 1 is 1.28 bits per heavy atom. The molecule has 1 aromatic heterocycles. The van der Waals surface area contributed by atoms with Crippen LogP contribution >= 0.6 is 0 Å². The molecule has 1 fully saturated rings. The van der Waals surface area contributed by atoms with Crippen LogP contribution in [0.5, 0.6) is 5.75 Å². The molecule has 3 N–H and O–H groups in total. The first-order valence-corrected chi connectivity index (χ1v) is 8.38. The number of para-hydroxylation sites is 1. The zero-order valence-corrected chi connectivity index (χ0v) is 14.5. The molecule has 0 aliphatic heterocycles. The van der Waals surface area contributed by atoms with Crippen LogP contribution in [0.15, 0.2) is 47.1 Å². The van der Waals surface area contributed by atoms with Crippen LogP contribution in [0, 0.1) is 0 Å². The van der Waals surface area contributed by atoms with Gasteiger partial charge in [0.1, 0.15) is 17.1 Å². The summed E-state index contributed by atoms with van der Waals surface area (Å²) in [5.74, 6) is 1.27. The molecule has 1 saturated carbocycles. The summed E-state index contributed by atoms with van der Waals surface area (Å²) in [6.45, 7) is 2.19. The number of carbonyl (C=O) groups excluding carboxylic acids is 1. The molecule has 2 amide bonds. The van der Waals surface area contributed by atoms with E-state index in [0.717, 1.165) is 24.2 Å². The van der Waals surface area contributed by atoms with E-state index in [4.69, 9.17) is 9.15 Å². The third-order valence-corrected chi connectivity index (χ3v) is 4.76. The summed E-state index contributed by atoms with van der Waals surface area (Å²) in [6.07, 6.45) is 3.52. The van der Waals surface area contributed by atoms with Crippen LogP contribution in [0.3, 0.4) is 0 Å². The molecule has 1 aliphatic rings. The maximum Gasteiger partial charge on any atom is 0.314 e. The number of aliphatic hydroxyl groups is 1. The van der Waals surface area contributed by atoms with Crippen LogP contribution in [0.2, 0.25) is 0 Å². The molecule has 1 heterocycles. The van der Waals surface area contributed by atoms with Crippen molar-refractivity contribution in [3.05, 3.63) is 54.0 Å². The lowest BCUT2D eigenvalue weighted by Gasteiger charge is -2.23. The van der Waals surface area contributed by atoms with Crippen molar-refractivity contribution in [1.82, 2.24) is 10.6 Å². The maximum absolute atomic E-state index is 12.1. The molecular formula is C19H24N2O4. The quantitative estimate of drug-likeness (QED) is 0.721. The Hall–Kier alpha value is -2.47. The van der Waals surface area contributed by atoms with Crippen LogP contribution < -0.4 is 15.4 Å². The van der Waals surface area contributed by atoms with Crippen molar-refractivity contribution >= 4 is 6.03 Å². The van der Waals surface area contributed by atoms with Gasteiger partial charge in [-0.05, 0) is 38.0 Å². The zero-order valence-electron chi connectivity index (χ0n) is 14.5. The van der Waals surface area contributed by atoms with E-state index < -0.39 is 5.60 Å². The summed E-state index contributed by atoms with van der Waals surface area (Å²) in [7, 11) is 1.66. The molecule has 3 rings (SSSR count). The molecule has 1 aliphatic carbocycles. The first-order valence-electron chi connectivity index (χ1n) is 8.38. The van der Waals surface area contributed by atoms with Crippen LogP contribution in [0.25, 0.3) is 0 Å². The molecule has 0 unspecified atom stereocenters. The number of benzene rings is 1. The van der Waals surface area contributed by atoms with E-state index in [1.54, 1.807) is 26.2 Å². The molecule has 0 saturated heterocycles. The third-order valence-electron chi connectivity index (χ3n) is 4.76. The topological polar surface area (TPSA) is 83.7 Å². The first kappa shape index (κ1) is 17.4. The fraction of sp³-hybridized carbons (Fsp3) is 0.421. The second kappa shape index (κ2) is 6.80. The Labute approximate surface area is 147 Å². The monoisotopic (exact) mass is 344 g/mol. The van der Waals surface area contributed by atoms with Gasteiger partial charge in [0, 0.05) is 17.5 Å². The van der Waals surface area contributed by atoms with E-state index in [2.05, 4.69) is 10.6 Å². The third kappa shape index (κ3) is 3.79. The lowest BCUT2D eigenvalue weighted by molar-refractivity contribution is 0.0367. The van der Waals surface area contributed by atoms with E-state index in [0.29, 0.717) is 12.3 Å². The lowest BCUT2D eigenvalue weighted by Crippen LogP contribution is -2.45. The Bertz CT molecular complexity index is 721. The molecule has 6 heteroatoms. The average Bonchev–Trinajstić information content (AvgIpc) is 3.19. The second-order valence-corrected chi connectivity index (χ2v) is 6.77. The highest BCUT2D eigenvalue weighted by Crippen LogP contribution is 2.50. The molecule has 2 aromatic rings. The summed E-state index contributed by atoms with van der Waals surface area (Å²) >= 11 is 0. The number of rotatable bonds is 7. The van der Waals surface area contributed by atoms with Gasteiger partial charge in [0.2, 0.25) is 0 Å². The van der Waals surface area contributed by atoms with Gasteiger partial charge in [-0.25, -0.2) is 4.79 Å². The minimum absolute atomic E-state index is 0.0620. The summed E-state index contributed by atoms with van der Waals surface area (Å²) in [6, 6.07) is 11.0. The van der Waals surface area contributed by atoms with Crippen LogP contribution in [-0.2, 0) is 11.0 Å². The van der Waals surface area contributed by atoms with Crippen molar-refractivity contribution in [2.24, 2.45) is 0 Å². The molecule has 25 heavy (non-hydrogen) atoms. The number of methoxy groups -OCH3 is 1.